The normalized spacial score (nSPS) is 16.1. The molecule has 2 aromatic rings. The second-order valence-corrected chi connectivity index (χ2v) is 6.37. The fraction of sp³-hybridized carbons (Fsp3) is 0. The summed E-state index contributed by atoms with van der Waals surface area (Å²) in [5.74, 6) is 0. The maximum Gasteiger partial charge on any atom is 0.323 e. The van der Waals surface area contributed by atoms with Crippen LogP contribution in [0.2, 0.25) is 0 Å². The van der Waals surface area contributed by atoms with Gasteiger partial charge in [-0.1, -0.05) is 41.1 Å². The molecule has 3 rings (SSSR count). The first-order valence-corrected chi connectivity index (χ1v) is 8.15. The second kappa shape index (κ2) is 5.72. The fourth-order valence-electron chi connectivity index (χ4n) is 2.09. The summed E-state index contributed by atoms with van der Waals surface area (Å²) in [7, 11) is -3.02. The van der Waals surface area contributed by atoms with Gasteiger partial charge in [0.1, 0.15) is 0 Å². The Morgan fingerprint density at radius 1 is 1.00 bits per heavy atom. The molecule has 0 aliphatic carbocycles. The number of carbonyl (C=O) groups excluding carboxylic acids is 1. The number of anilines is 3. The maximum absolute atomic E-state index is 12.0. The van der Waals surface area contributed by atoms with Gasteiger partial charge in [-0.05, 0) is 24.3 Å². The Morgan fingerprint density at radius 3 is 2.55 bits per heavy atom. The van der Waals surface area contributed by atoms with Crippen molar-refractivity contribution in [2.24, 2.45) is 0 Å². The van der Waals surface area contributed by atoms with Crippen LogP contribution in [0, 0.1) is 0 Å². The van der Waals surface area contributed by atoms with Crippen molar-refractivity contribution in [2.75, 3.05) is 15.4 Å². The Bertz CT molecular complexity index is 732. The van der Waals surface area contributed by atoms with Crippen molar-refractivity contribution in [2.45, 2.75) is 0 Å². The summed E-state index contributed by atoms with van der Waals surface area (Å²) in [5, 5.41) is 6.71. The SMILES string of the molecule is O=C(Nc1ccccc1)Nc1cccc2c1NS(O)(O)C=C2. The molecule has 5 N–H and O–H groups in total. The summed E-state index contributed by atoms with van der Waals surface area (Å²) in [6.45, 7) is 0. The van der Waals surface area contributed by atoms with E-state index in [9.17, 15) is 13.9 Å². The average molecular weight is 317 g/mol. The topological polar surface area (TPSA) is 93.6 Å². The van der Waals surface area contributed by atoms with E-state index in [2.05, 4.69) is 15.4 Å². The largest absolute Gasteiger partial charge is 0.323 e. The summed E-state index contributed by atoms with van der Waals surface area (Å²) in [5.41, 5.74) is 2.38. The van der Waals surface area contributed by atoms with Crippen molar-refractivity contribution in [3.63, 3.8) is 0 Å². The molecule has 0 spiro atoms. The van der Waals surface area contributed by atoms with Crippen LogP contribution in [0.15, 0.2) is 53.9 Å². The predicted octanol–water partition coefficient (Wildman–Crippen LogP) is 4.39. The minimum atomic E-state index is -3.02. The zero-order valence-electron chi connectivity index (χ0n) is 11.5. The molecule has 1 heterocycles. The highest BCUT2D eigenvalue weighted by atomic mass is 32.3. The standard InChI is InChI=1S/C15H15N3O3S/c19-15(16-12-6-2-1-3-7-12)17-13-8-4-5-11-9-10-22(20,21)18-14(11)13/h1-10,18,20-21H,(H2,16,17,19). The van der Waals surface area contributed by atoms with E-state index in [1.54, 1.807) is 30.3 Å². The van der Waals surface area contributed by atoms with Crippen LogP contribution in [0.5, 0.6) is 0 Å². The van der Waals surface area contributed by atoms with Crippen molar-refractivity contribution in [3.05, 3.63) is 59.5 Å². The number of rotatable bonds is 2. The Labute approximate surface area is 129 Å². The van der Waals surface area contributed by atoms with Crippen LogP contribution < -0.4 is 15.4 Å². The molecule has 1 aliphatic heterocycles. The van der Waals surface area contributed by atoms with Gasteiger partial charge in [-0.25, -0.2) is 4.79 Å². The Kier molecular flexibility index (Phi) is 3.76. The van der Waals surface area contributed by atoms with Crippen molar-refractivity contribution in [1.82, 2.24) is 0 Å². The van der Waals surface area contributed by atoms with E-state index < -0.39 is 16.8 Å². The van der Waals surface area contributed by atoms with E-state index in [4.69, 9.17) is 0 Å². The molecule has 1 aliphatic rings. The van der Waals surface area contributed by atoms with Gasteiger partial charge in [0.25, 0.3) is 0 Å². The van der Waals surface area contributed by atoms with Gasteiger partial charge in [-0.3, -0.25) is 13.8 Å². The molecule has 22 heavy (non-hydrogen) atoms. The molecule has 0 radical (unpaired) electrons. The first-order valence-electron chi connectivity index (χ1n) is 6.54. The summed E-state index contributed by atoms with van der Waals surface area (Å²) < 4.78 is 22.1. The molecule has 7 heteroatoms. The van der Waals surface area contributed by atoms with E-state index >= 15 is 0 Å². The van der Waals surface area contributed by atoms with Crippen LogP contribution in [0.1, 0.15) is 5.56 Å². The zero-order valence-corrected chi connectivity index (χ0v) is 12.3. The maximum atomic E-state index is 12.0. The van der Waals surface area contributed by atoms with E-state index in [0.717, 1.165) is 5.56 Å². The third kappa shape index (κ3) is 3.22. The molecule has 2 aromatic carbocycles. The number of hydrogen-bond acceptors (Lipinski definition) is 4. The number of amides is 2. The van der Waals surface area contributed by atoms with E-state index in [1.807, 2.05) is 24.3 Å². The van der Waals surface area contributed by atoms with Gasteiger partial charge in [-0.15, -0.1) is 0 Å². The van der Waals surface area contributed by atoms with Crippen LogP contribution in [-0.2, 0) is 0 Å². The van der Waals surface area contributed by atoms with Gasteiger partial charge < -0.3 is 10.6 Å². The highest BCUT2D eigenvalue weighted by Gasteiger charge is 2.19. The number of hydrogen-bond donors (Lipinski definition) is 5. The Balaban J connectivity index is 1.79. The molecule has 0 fully saturated rings. The smallest absolute Gasteiger partial charge is 0.308 e. The Morgan fingerprint density at radius 2 is 1.77 bits per heavy atom. The van der Waals surface area contributed by atoms with Crippen LogP contribution in [-0.4, -0.2) is 15.1 Å². The summed E-state index contributed by atoms with van der Waals surface area (Å²) in [6, 6.07) is 13.9. The molecule has 0 bridgehead atoms. The minimum Gasteiger partial charge on any atom is -0.308 e. The lowest BCUT2D eigenvalue weighted by molar-refractivity contribution is 0.262. The van der Waals surface area contributed by atoms with Gasteiger partial charge in [-0.2, -0.15) is 0 Å². The average Bonchev–Trinajstić information content (AvgIpc) is 2.48. The van der Waals surface area contributed by atoms with Crippen LogP contribution in [0.25, 0.3) is 6.08 Å². The highest BCUT2D eigenvalue weighted by molar-refractivity contribution is 8.28. The Hall–Kier alpha value is -2.48. The summed E-state index contributed by atoms with van der Waals surface area (Å²) >= 11 is 0. The number of para-hydroxylation sites is 2. The first kappa shape index (κ1) is 14.5. The van der Waals surface area contributed by atoms with E-state index in [-0.39, 0.29) is 0 Å². The lowest BCUT2D eigenvalue weighted by Crippen LogP contribution is -2.21. The molecule has 0 atom stereocenters. The summed E-state index contributed by atoms with van der Waals surface area (Å²) in [6.07, 6.45) is 1.61. The fourth-order valence-corrected chi connectivity index (χ4v) is 3.02. The molecular weight excluding hydrogens is 302 g/mol. The first-order chi connectivity index (χ1) is 10.5. The third-order valence-electron chi connectivity index (χ3n) is 3.07. The molecule has 114 valence electrons. The number of fused-ring (bicyclic) bond motifs is 1. The van der Waals surface area contributed by atoms with Crippen LogP contribution in [0.3, 0.4) is 0 Å². The van der Waals surface area contributed by atoms with E-state index in [0.29, 0.717) is 17.1 Å². The molecule has 0 unspecified atom stereocenters. The molecule has 0 saturated heterocycles. The van der Waals surface area contributed by atoms with Crippen LogP contribution >= 0.6 is 10.8 Å². The monoisotopic (exact) mass is 317 g/mol. The number of urea groups is 1. The zero-order chi connectivity index (χ0) is 15.6. The van der Waals surface area contributed by atoms with Crippen molar-refractivity contribution in [1.29, 1.82) is 0 Å². The van der Waals surface area contributed by atoms with Gasteiger partial charge in [0.15, 0.2) is 0 Å². The lowest BCUT2D eigenvalue weighted by Gasteiger charge is -2.34. The van der Waals surface area contributed by atoms with Crippen molar-refractivity contribution in [3.8, 4) is 0 Å². The van der Waals surface area contributed by atoms with Crippen LogP contribution in [0.4, 0.5) is 21.9 Å². The van der Waals surface area contributed by atoms with E-state index in [1.165, 1.54) is 5.41 Å². The van der Waals surface area contributed by atoms with Gasteiger partial charge >= 0.3 is 6.03 Å². The van der Waals surface area contributed by atoms with Crippen molar-refractivity contribution >= 4 is 39.9 Å². The molecule has 6 nitrogen and oxygen atoms in total. The molecule has 0 saturated carbocycles. The number of benzene rings is 2. The number of carbonyl (C=O) groups is 1. The second-order valence-electron chi connectivity index (χ2n) is 4.71. The van der Waals surface area contributed by atoms with Gasteiger partial charge in [0.2, 0.25) is 0 Å². The van der Waals surface area contributed by atoms with Gasteiger partial charge in [0, 0.05) is 16.7 Å². The molecule has 2 amide bonds. The number of nitrogens with one attached hydrogen (secondary N) is 3. The predicted molar refractivity (Wildman–Crippen MR) is 91.0 cm³/mol. The van der Waals surface area contributed by atoms with Gasteiger partial charge in [0.05, 0.1) is 11.4 Å². The summed E-state index contributed by atoms with van der Waals surface area (Å²) in [4.78, 5) is 12.0. The molecular formula is C15H15N3O3S. The quantitative estimate of drug-likeness (QED) is 0.568. The third-order valence-corrected chi connectivity index (χ3v) is 4.09. The minimum absolute atomic E-state index is 0.410. The highest BCUT2D eigenvalue weighted by Crippen LogP contribution is 2.48. The van der Waals surface area contributed by atoms with Crippen molar-refractivity contribution < 1.29 is 13.9 Å². The lowest BCUT2D eigenvalue weighted by atomic mass is 10.1. The molecule has 0 aromatic heterocycles.